The van der Waals surface area contributed by atoms with Gasteiger partial charge in [0.2, 0.25) is 0 Å². The largest absolute Gasteiger partial charge is 0.496 e. The number of nitrogens with one attached hydrogen (secondary N) is 1. The first-order valence-electron chi connectivity index (χ1n) is 12.0. The molecule has 0 aliphatic heterocycles. The zero-order chi connectivity index (χ0) is 27.4. The van der Waals surface area contributed by atoms with E-state index in [1.807, 2.05) is 37.3 Å². The number of hydrogen-bond donors (Lipinski definition) is 1. The number of carbonyl (C=O) groups excluding carboxylic acids is 1. The Kier molecular flexibility index (Phi) is 7.05. The Bertz CT molecular complexity index is 1670. The van der Waals surface area contributed by atoms with Crippen LogP contribution < -0.4 is 10.2 Å². The van der Waals surface area contributed by atoms with Crippen molar-refractivity contribution in [3.05, 3.63) is 124 Å². The van der Waals surface area contributed by atoms with Crippen LogP contribution in [0.1, 0.15) is 21.8 Å². The van der Waals surface area contributed by atoms with E-state index >= 15 is 0 Å². The molecule has 0 unspecified atom stereocenters. The molecule has 0 spiro atoms. The zero-order valence-electron chi connectivity index (χ0n) is 21.2. The van der Waals surface area contributed by atoms with Gasteiger partial charge in [0.15, 0.2) is 0 Å². The molecule has 0 fully saturated rings. The maximum absolute atomic E-state index is 12.7. The van der Waals surface area contributed by atoms with Gasteiger partial charge in [0.05, 0.1) is 35.6 Å². The fourth-order valence-electron chi connectivity index (χ4n) is 4.26. The van der Waals surface area contributed by atoms with E-state index in [0.717, 1.165) is 22.6 Å². The molecule has 3 aromatic carbocycles. The van der Waals surface area contributed by atoms with Gasteiger partial charge in [0, 0.05) is 23.0 Å². The van der Waals surface area contributed by atoms with Crippen LogP contribution in [0.2, 0.25) is 0 Å². The van der Waals surface area contributed by atoms with Gasteiger partial charge in [0.1, 0.15) is 17.3 Å². The van der Waals surface area contributed by atoms with Crippen LogP contribution in [0.5, 0.6) is 5.75 Å². The fourth-order valence-corrected chi connectivity index (χ4v) is 4.26. The minimum Gasteiger partial charge on any atom is -0.496 e. The molecule has 1 N–H and O–H groups in total. The second kappa shape index (κ2) is 10.9. The third-order valence-electron chi connectivity index (χ3n) is 6.18. The molecule has 0 bridgehead atoms. The number of aryl methyl sites for hydroxylation is 1. The highest BCUT2D eigenvalue weighted by Gasteiger charge is 2.15. The third-order valence-corrected chi connectivity index (χ3v) is 6.18. The van der Waals surface area contributed by atoms with Crippen molar-refractivity contribution < 1.29 is 18.9 Å². The zero-order valence-corrected chi connectivity index (χ0v) is 21.2. The number of furan rings is 1. The molecule has 0 saturated heterocycles. The van der Waals surface area contributed by atoms with Gasteiger partial charge in [0.25, 0.3) is 11.6 Å². The summed E-state index contributed by atoms with van der Waals surface area (Å²) in [6.45, 7) is 2.04. The number of benzene rings is 3. The Morgan fingerprint density at radius 3 is 2.49 bits per heavy atom. The van der Waals surface area contributed by atoms with E-state index < -0.39 is 4.92 Å². The number of amides is 1. The summed E-state index contributed by atoms with van der Waals surface area (Å²) >= 11 is 0. The van der Waals surface area contributed by atoms with Crippen molar-refractivity contribution in [1.29, 1.82) is 0 Å². The number of rotatable bonds is 8. The first-order chi connectivity index (χ1) is 18.9. The van der Waals surface area contributed by atoms with Crippen molar-refractivity contribution in [2.24, 2.45) is 5.10 Å². The maximum atomic E-state index is 12.7. The van der Waals surface area contributed by atoms with Crippen LogP contribution in [-0.2, 0) is 0 Å². The minimum absolute atomic E-state index is 0.0835. The Hall–Kier alpha value is -5.44. The van der Waals surface area contributed by atoms with Crippen molar-refractivity contribution >= 4 is 17.8 Å². The molecule has 0 aliphatic rings. The van der Waals surface area contributed by atoms with E-state index in [4.69, 9.17) is 9.15 Å². The monoisotopic (exact) mass is 520 g/mol. The predicted molar refractivity (Wildman–Crippen MR) is 148 cm³/mol. The SMILES string of the molecule is COc1cc([N+](=O)[O-])ccc1-c1ccc(/C=N/NC(=O)c2ccc(-n3c(C)ccc3-c3ccccc3)cc2)o1. The Labute approximate surface area is 224 Å². The van der Waals surface area contributed by atoms with Crippen LogP contribution in [-0.4, -0.2) is 28.7 Å². The summed E-state index contributed by atoms with van der Waals surface area (Å²) in [4.78, 5) is 23.2. The Morgan fingerprint density at radius 2 is 1.77 bits per heavy atom. The van der Waals surface area contributed by atoms with Crippen molar-refractivity contribution in [3.8, 4) is 34.0 Å². The molecule has 2 aromatic heterocycles. The summed E-state index contributed by atoms with van der Waals surface area (Å²) in [7, 11) is 1.43. The molecule has 0 saturated carbocycles. The van der Waals surface area contributed by atoms with Gasteiger partial charge in [-0.15, -0.1) is 0 Å². The van der Waals surface area contributed by atoms with Gasteiger partial charge >= 0.3 is 0 Å². The van der Waals surface area contributed by atoms with Gasteiger partial charge in [-0.1, -0.05) is 30.3 Å². The van der Waals surface area contributed by atoms with Gasteiger partial charge in [-0.3, -0.25) is 14.9 Å². The van der Waals surface area contributed by atoms with Gasteiger partial charge in [-0.25, -0.2) is 5.43 Å². The number of ether oxygens (including phenoxy) is 1. The molecule has 39 heavy (non-hydrogen) atoms. The lowest BCUT2D eigenvalue weighted by atomic mass is 10.1. The number of aromatic nitrogens is 1. The first-order valence-corrected chi connectivity index (χ1v) is 12.0. The Balaban J connectivity index is 1.27. The molecule has 194 valence electrons. The van der Waals surface area contributed by atoms with Gasteiger partial charge in [-0.05, 0) is 67.1 Å². The number of carbonyl (C=O) groups is 1. The number of non-ortho nitro benzene ring substituents is 1. The molecule has 2 heterocycles. The number of nitrogens with zero attached hydrogens (tertiary/aromatic N) is 3. The van der Waals surface area contributed by atoms with Crippen LogP contribution in [0.4, 0.5) is 5.69 Å². The van der Waals surface area contributed by atoms with Crippen LogP contribution in [0.25, 0.3) is 28.3 Å². The second-order valence-electron chi connectivity index (χ2n) is 8.65. The average molecular weight is 521 g/mol. The summed E-state index contributed by atoms with van der Waals surface area (Å²) in [6.07, 6.45) is 1.38. The highest BCUT2D eigenvalue weighted by molar-refractivity contribution is 5.95. The van der Waals surface area contributed by atoms with Crippen molar-refractivity contribution in [3.63, 3.8) is 0 Å². The number of hydrogen-bond acceptors (Lipinski definition) is 6. The van der Waals surface area contributed by atoms with Crippen LogP contribution in [0.15, 0.2) is 107 Å². The number of nitro benzene ring substituents is 1. The van der Waals surface area contributed by atoms with Crippen molar-refractivity contribution in [2.75, 3.05) is 7.11 Å². The van der Waals surface area contributed by atoms with E-state index in [1.54, 1.807) is 30.3 Å². The molecule has 0 radical (unpaired) electrons. The van der Waals surface area contributed by atoms with E-state index in [1.165, 1.54) is 25.5 Å². The highest BCUT2D eigenvalue weighted by Crippen LogP contribution is 2.34. The number of nitro groups is 1. The molecule has 0 atom stereocenters. The molecule has 1 amide bonds. The summed E-state index contributed by atoms with van der Waals surface area (Å²) in [5, 5.41) is 15.0. The van der Waals surface area contributed by atoms with Crippen LogP contribution in [0, 0.1) is 17.0 Å². The fraction of sp³-hybridized carbons (Fsp3) is 0.0667. The lowest BCUT2D eigenvalue weighted by Crippen LogP contribution is -2.17. The topological polar surface area (TPSA) is 112 Å². The maximum Gasteiger partial charge on any atom is 0.273 e. The summed E-state index contributed by atoms with van der Waals surface area (Å²) < 4.78 is 13.2. The number of methoxy groups -OCH3 is 1. The van der Waals surface area contributed by atoms with Crippen LogP contribution >= 0.6 is 0 Å². The van der Waals surface area contributed by atoms with Crippen LogP contribution in [0.3, 0.4) is 0 Å². The summed E-state index contributed by atoms with van der Waals surface area (Å²) in [6, 6.07) is 29.2. The second-order valence-corrected chi connectivity index (χ2v) is 8.65. The first kappa shape index (κ1) is 25.2. The molecular formula is C30H24N4O5. The molecule has 9 heteroatoms. The van der Waals surface area contributed by atoms with E-state index in [2.05, 4.69) is 39.4 Å². The minimum atomic E-state index is -0.494. The lowest BCUT2D eigenvalue weighted by Gasteiger charge is -2.12. The van der Waals surface area contributed by atoms with Gasteiger partial charge in [-0.2, -0.15) is 5.10 Å². The number of hydrazone groups is 1. The molecular weight excluding hydrogens is 496 g/mol. The third kappa shape index (κ3) is 5.33. The van der Waals surface area contributed by atoms with Crippen molar-refractivity contribution in [2.45, 2.75) is 6.92 Å². The predicted octanol–water partition coefficient (Wildman–Crippen LogP) is 6.39. The molecule has 5 rings (SSSR count). The smallest absolute Gasteiger partial charge is 0.273 e. The molecule has 0 aliphatic carbocycles. The normalized spacial score (nSPS) is 11.0. The summed E-state index contributed by atoms with van der Waals surface area (Å²) in [5.41, 5.74) is 7.64. The van der Waals surface area contributed by atoms with E-state index in [-0.39, 0.29) is 11.6 Å². The molecule has 9 nitrogen and oxygen atoms in total. The average Bonchev–Trinajstić information content (AvgIpc) is 3.59. The standard InChI is InChI=1S/C30H24N4O5/c1-20-8-16-27(21-6-4-3-5-7-21)33(20)23-11-9-22(10-12-23)30(35)32-31-19-25-14-17-28(39-25)26-15-13-24(34(36)37)18-29(26)38-2/h3-19H,1-2H3,(H,32,35)/b31-19+. The quantitative estimate of drug-likeness (QED) is 0.145. The van der Waals surface area contributed by atoms with Gasteiger partial charge < -0.3 is 13.7 Å². The van der Waals surface area contributed by atoms with E-state index in [9.17, 15) is 14.9 Å². The summed E-state index contributed by atoms with van der Waals surface area (Å²) in [5.74, 6) is 0.775. The van der Waals surface area contributed by atoms with Crippen molar-refractivity contribution in [1.82, 2.24) is 9.99 Å². The Morgan fingerprint density at radius 1 is 1.00 bits per heavy atom. The van der Waals surface area contributed by atoms with E-state index in [0.29, 0.717) is 28.4 Å². The molecule has 5 aromatic rings. The highest BCUT2D eigenvalue weighted by atomic mass is 16.6. The lowest BCUT2D eigenvalue weighted by molar-refractivity contribution is -0.384.